The third-order valence-corrected chi connectivity index (χ3v) is 4.21. The first-order valence-electron chi connectivity index (χ1n) is 7.37. The molecule has 22 heavy (non-hydrogen) atoms. The Labute approximate surface area is 128 Å². The summed E-state index contributed by atoms with van der Waals surface area (Å²) in [7, 11) is 2.07. The first kappa shape index (κ1) is 13.0. The van der Waals surface area contributed by atoms with Crippen molar-refractivity contribution in [3.8, 4) is 11.3 Å². The molecule has 1 aromatic carbocycles. The lowest BCUT2D eigenvalue weighted by atomic mass is 10.0. The van der Waals surface area contributed by atoms with E-state index in [9.17, 15) is 0 Å². The number of benzene rings is 1. The molecule has 0 saturated heterocycles. The standard InChI is InChI=1S/C19H17N2O/c1-12-7-9-21(3)16(10-12)18-13(2)4-5-14-15-11-20-8-6-17(15)22-19(14)18/h4-11H,1-3H3/q+1. The van der Waals surface area contributed by atoms with Crippen molar-refractivity contribution in [3.05, 3.63) is 60.0 Å². The highest BCUT2D eigenvalue weighted by atomic mass is 16.3. The minimum atomic E-state index is 0.882. The Balaban J connectivity index is 2.17. The summed E-state index contributed by atoms with van der Waals surface area (Å²) in [5.74, 6) is 0. The molecule has 0 aliphatic heterocycles. The van der Waals surface area contributed by atoms with Gasteiger partial charge >= 0.3 is 0 Å². The number of furan rings is 1. The molecule has 3 heterocycles. The van der Waals surface area contributed by atoms with Crippen LogP contribution in [0.2, 0.25) is 0 Å². The van der Waals surface area contributed by atoms with Crippen molar-refractivity contribution in [2.24, 2.45) is 7.05 Å². The number of hydrogen-bond acceptors (Lipinski definition) is 2. The zero-order chi connectivity index (χ0) is 15.3. The molecule has 3 nitrogen and oxygen atoms in total. The van der Waals surface area contributed by atoms with Crippen molar-refractivity contribution >= 4 is 21.9 Å². The maximum atomic E-state index is 6.16. The van der Waals surface area contributed by atoms with Crippen LogP contribution >= 0.6 is 0 Å². The molecule has 0 N–H and O–H groups in total. The Hall–Kier alpha value is -2.68. The van der Waals surface area contributed by atoms with Crippen LogP contribution in [-0.4, -0.2) is 4.98 Å². The summed E-state index contributed by atoms with van der Waals surface area (Å²) in [4.78, 5) is 4.23. The second-order valence-electron chi connectivity index (χ2n) is 5.81. The topological polar surface area (TPSA) is 29.9 Å². The van der Waals surface area contributed by atoms with Crippen LogP contribution in [0.15, 0.2) is 53.3 Å². The lowest BCUT2D eigenvalue weighted by Crippen LogP contribution is -2.30. The fourth-order valence-electron chi connectivity index (χ4n) is 3.02. The normalized spacial score (nSPS) is 11.4. The molecule has 0 aliphatic carbocycles. The molecule has 4 rings (SSSR count). The maximum Gasteiger partial charge on any atom is 0.216 e. The van der Waals surface area contributed by atoms with Crippen molar-refractivity contribution in [2.75, 3.05) is 0 Å². The van der Waals surface area contributed by atoms with Crippen molar-refractivity contribution < 1.29 is 8.98 Å². The number of fused-ring (bicyclic) bond motifs is 3. The zero-order valence-electron chi connectivity index (χ0n) is 12.9. The Morgan fingerprint density at radius 1 is 1.05 bits per heavy atom. The lowest BCUT2D eigenvalue weighted by molar-refractivity contribution is -0.660. The van der Waals surface area contributed by atoms with Crippen molar-refractivity contribution in [1.29, 1.82) is 0 Å². The highest BCUT2D eigenvalue weighted by Crippen LogP contribution is 2.36. The molecular formula is C19H17N2O+. The van der Waals surface area contributed by atoms with Gasteiger partial charge in [-0.15, -0.1) is 0 Å². The van der Waals surface area contributed by atoms with Crippen LogP contribution in [0.5, 0.6) is 0 Å². The van der Waals surface area contributed by atoms with Gasteiger partial charge in [0.25, 0.3) is 0 Å². The predicted molar refractivity (Wildman–Crippen MR) is 87.6 cm³/mol. The van der Waals surface area contributed by atoms with Crippen molar-refractivity contribution in [2.45, 2.75) is 13.8 Å². The third kappa shape index (κ3) is 1.82. The molecule has 0 fully saturated rings. The van der Waals surface area contributed by atoms with E-state index in [1.165, 1.54) is 11.1 Å². The predicted octanol–water partition coefficient (Wildman–Crippen LogP) is 4.09. The van der Waals surface area contributed by atoms with Crippen LogP contribution in [0.25, 0.3) is 33.2 Å². The fourth-order valence-corrected chi connectivity index (χ4v) is 3.02. The van der Waals surface area contributed by atoms with Gasteiger partial charge in [-0.1, -0.05) is 12.1 Å². The number of nitrogens with zero attached hydrogens (tertiary/aromatic N) is 2. The van der Waals surface area contributed by atoms with E-state index < -0.39 is 0 Å². The number of hydrogen-bond donors (Lipinski definition) is 0. The first-order valence-corrected chi connectivity index (χ1v) is 7.37. The Bertz CT molecular complexity index is 1010. The minimum absolute atomic E-state index is 0.882. The van der Waals surface area contributed by atoms with E-state index in [2.05, 4.69) is 60.9 Å². The van der Waals surface area contributed by atoms with Crippen LogP contribution < -0.4 is 4.57 Å². The maximum absolute atomic E-state index is 6.16. The molecule has 0 saturated carbocycles. The number of rotatable bonds is 1. The van der Waals surface area contributed by atoms with Gasteiger partial charge in [0.1, 0.15) is 18.2 Å². The van der Waals surface area contributed by atoms with Crippen LogP contribution in [0.1, 0.15) is 11.1 Å². The van der Waals surface area contributed by atoms with Crippen molar-refractivity contribution in [1.82, 2.24) is 4.98 Å². The van der Waals surface area contributed by atoms with Crippen LogP contribution in [0, 0.1) is 13.8 Å². The summed E-state index contributed by atoms with van der Waals surface area (Å²) in [6.07, 6.45) is 5.73. The zero-order valence-corrected chi connectivity index (χ0v) is 12.9. The van der Waals surface area contributed by atoms with Gasteiger partial charge in [0, 0.05) is 35.3 Å². The van der Waals surface area contributed by atoms with Gasteiger partial charge in [-0.3, -0.25) is 4.98 Å². The van der Waals surface area contributed by atoms with E-state index in [1.807, 2.05) is 12.3 Å². The van der Waals surface area contributed by atoms with Gasteiger partial charge in [-0.05, 0) is 31.0 Å². The Morgan fingerprint density at radius 2 is 1.91 bits per heavy atom. The van der Waals surface area contributed by atoms with Crippen LogP contribution in [-0.2, 0) is 7.05 Å². The van der Waals surface area contributed by atoms with E-state index in [-0.39, 0.29) is 0 Å². The average Bonchev–Trinajstić information content (AvgIpc) is 2.88. The van der Waals surface area contributed by atoms with Gasteiger partial charge in [0.05, 0.1) is 5.56 Å². The van der Waals surface area contributed by atoms with E-state index in [4.69, 9.17) is 4.42 Å². The number of aryl methyl sites for hydroxylation is 3. The molecule has 0 bridgehead atoms. The van der Waals surface area contributed by atoms with Crippen molar-refractivity contribution in [3.63, 3.8) is 0 Å². The molecule has 0 amide bonds. The van der Waals surface area contributed by atoms with E-state index in [0.717, 1.165) is 33.2 Å². The third-order valence-electron chi connectivity index (χ3n) is 4.21. The molecule has 108 valence electrons. The smallest absolute Gasteiger partial charge is 0.216 e. The van der Waals surface area contributed by atoms with Gasteiger partial charge in [0.15, 0.2) is 6.20 Å². The molecule has 0 aliphatic rings. The van der Waals surface area contributed by atoms with Gasteiger partial charge in [-0.25, -0.2) is 4.57 Å². The lowest BCUT2D eigenvalue weighted by Gasteiger charge is -2.06. The Morgan fingerprint density at radius 3 is 2.77 bits per heavy atom. The molecule has 0 atom stereocenters. The summed E-state index contributed by atoms with van der Waals surface area (Å²) in [6.45, 7) is 4.24. The molecule has 0 spiro atoms. The second kappa shape index (κ2) is 4.67. The highest BCUT2D eigenvalue weighted by Gasteiger charge is 2.20. The van der Waals surface area contributed by atoms with Gasteiger partial charge in [-0.2, -0.15) is 0 Å². The quantitative estimate of drug-likeness (QED) is 0.494. The summed E-state index contributed by atoms with van der Waals surface area (Å²) in [6, 6.07) is 10.5. The first-order chi connectivity index (χ1) is 10.6. The molecule has 0 unspecified atom stereocenters. The number of aromatic nitrogens is 2. The Kier molecular flexibility index (Phi) is 2.76. The van der Waals surface area contributed by atoms with E-state index in [1.54, 1.807) is 6.20 Å². The average molecular weight is 289 g/mol. The van der Waals surface area contributed by atoms with E-state index >= 15 is 0 Å². The molecule has 0 radical (unpaired) electrons. The molecular weight excluding hydrogens is 272 g/mol. The second-order valence-corrected chi connectivity index (χ2v) is 5.81. The molecule has 3 aromatic heterocycles. The summed E-state index contributed by atoms with van der Waals surface area (Å²) in [5.41, 5.74) is 6.58. The molecule has 4 aromatic rings. The summed E-state index contributed by atoms with van der Waals surface area (Å²) in [5, 5.41) is 2.18. The fraction of sp³-hybridized carbons (Fsp3) is 0.158. The SMILES string of the molecule is Cc1cc[n+](C)c(-c2c(C)ccc3c2oc2ccncc23)c1. The summed E-state index contributed by atoms with van der Waals surface area (Å²) < 4.78 is 8.30. The largest absolute Gasteiger partial charge is 0.455 e. The van der Waals surface area contributed by atoms with Gasteiger partial charge in [0.2, 0.25) is 5.69 Å². The van der Waals surface area contributed by atoms with E-state index in [0.29, 0.717) is 0 Å². The minimum Gasteiger partial charge on any atom is -0.455 e. The van der Waals surface area contributed by atoms with Gasteiger partial charge < -0.3 is 4.42 Å². The van der Waals surface area contributed by atoms with Crippen LogP contribution in [0.4, 0.5) is 0 Å². The monoisotopic (exact) mass is 289 g/mol. The number of pyridine rings is 2. The highest BCUT2D eigenvalue weighted by molar-refractivity contribution is 6.09. The molecule has 3 heteroatoms. The summed E-state index contributed by atoms with van der Waals surface area (Å²) >= 11 is 0. The van der Waals surface area contributed by atoms with Crippen LogP contribution in [0.3, 0.4) is 0 Å².